The predicted molar refractivity (Wildman–Crippen MR) is 212 cm³/mol. The molecule has 0 saturated heterocycles. The first-order chi connectivity index (χ1) is 26.3. The molecule has 2 amide bonds. The fourth-order valence-corrected chi connectivity index (χ4v) is 8.99. The second-order valence-electron chi connectivity index (χ2n) is 15.1. The number of amides is 2. The maximum Gasteiger partial charge on any atom is 0.239 e. The lowest BCUT2D eigenvalue weighted by Gasteiger charge is -2.55. The third-order valence-electron chi connectivity index (χ3n) is 11.4. The van der Waals surface area contributed by atoms with Crippen molar-refractivity contribution in [2.45, 2.75) is 76.7 Å². The van der Waals surface area contributed by atoms with E-state index in [0.29, 0.717) is 58.1 Å². The number of methoxy groups -OCH3 is 4. The van der Waals surface area contributed by atoms with E-state index < -0.39 is 52.4 Å². The van der Waals surface area contributed by atoms with Crippen molar-refractivity contribution < 1.29 is 38.7 Å². The van der Waals surface area contributed by atoms with Crippen molar-refractivity contribution in [1.29, 1.82) is 0 Å². The maximum absolute atomic E-state index is 16.1. The Labute approximate surface area is 325 Å². The third kappa shape index (κ3) is 7.02. The van der Waals surface area contributed by atoms with Crippen molar-refractivity contribution in [3.05, 3.63) is 119 Å². The number of nitrogens with two attached hydrogens (primary N) is 1. The van der Waals surface area contributed by atoms with Gasteiger partial charge in [-0.25, -0.2) is 0 Å². The highest BCUT2D eigenvalue weighted by atomic mass is 16.5. The first-order valence-electron chi connectivity index (χ1n) is 18.9. The van der Waals surface area contributed by atoms with Crippen LogP contribution in [0.2, 0.25) is 0 Å². The molecule has 2 unspecified atom stereocenters. The first-order valence-corrected chi connectivity index (χ1v) is 18.9. The van der Waals surface area contributed by atoms with Crippen LogP contribution in [0.25, 0.3) is 0 Å². The molecule has 4 N–H and O–H groups in total. The SMILES string of the molecule is COc1ccccc1C(O)(c1ccccc1OC)C(C(C)C)N(C(=O)C1(C(N)=O)CCCC1)C(C(C)C)C(O)(c1ccccc1OC)c1ccccc1OC. The number of primary amides is 1. The van der Waals surface area contributed by atoms with Crippen LogP contribution in [0.3, 0.4) is 0 Å². The van der Waals surface area contributed by atoms with Gasteiger partial charge in [0, 0.05) is 22.3 Å². The molecule has 10 heteroatoms. The molecule has 0 heterocycles. The van der Waals surface area contributed by atoms with E-state index >= 15 is 4.79 Å². The van der Waals surface area contributed by atoms with Gasteiger partial charge in [0.25, 0.3) is 0 Å². The average molecular weight is 753 g/mol. The molecule has 1 aliphatic rings. The van der Waals surface area contributed by atoms with Crippen molar-refractivity contribution in [2.75, 3.05) is 28.4 Å². The van der Waals surface area contributed by atoms with Crippen LogP contribution in [0.15, 0.2) is 97.1 Å². The Morgan fingerprint density at radius 2 is 0.855 bits per heavy atom. The zero-order valence-corrected chi connectivity index (χ0v) is 33.2. The number of ether oxygens (including phenoxy) is 4. The number of nitrogens with zero attached hydrogens (tertiary/aromatic N) is 1. The zero-order chi connectivity index (χ0) is 40.1. The highest BCUT2D eigenvalue weighted by molar-refractivity contribution is 6.05. The summed E-state index contributed by atoms with van der Waals surface area (Å²) in [6, 6.07) is 26.1. The minimum absolute atomic E-state index is 0.219. The standard InChI is InChI=1S/C45H56N2O8/c1-29(2)39(44(50,31-19-9-13-23-35(31)52-5)32-20-10-14-24-36(32)53-6)47(42(49)43(41(46)48)27-17-18-28-43)40(30(3)4)45(51,33-21-11-15-25-37(33)54-7)34-22-12-16-26-38(34)55-8/h9-16,19-26,29-30,39-40,50-51H,17-18,27-28H2,1-8H3,(H2,46,48). The van der Waals surface area contributed by atoms with Gasteiger partial charge in [-0.3, -0.25) is 9.59 Å². The van der Waals surface area contributed by atoms with Gasteiger partial charge in [0.05, 0.1) is 40.5 Å². The van der Waals surface area contributed by atoms with Crippen LogP contribution >= 0.6 is 0 Å². The largest absolute Gasteiger partial charge is 0.496 e. The molecule has 0 aliphatic heterocycles. The van der Waals surface area contributed by atoms with Crippen LogP contribution in [0.4, 0.5) is 0 Å². The minimum atomic E-state index is -2.07. The Hall–Kier alpha value is -5.06. The summed E-state index contributed by atoms with van der Waals surface area (Å²) in [7, 11) is 6.09. The number of carbonyl (C=O) groups excluding carboxylic acids is 2. The van der Waals surface area contributed by atoms with Crippen LogP contribution in [-0.2, 0) is 20.8 Å². The van der Waals surface area contributed by atoms with Crippen molar-refractivity contribution in [1.82, 2.24) is 4.90 Å². The monoisotopic (exact) mass is 752 g/mol. The van der Waals surface area contributed by atoms with E-state index in [1.165, 1.54) is 28.4 Å². The summed E-state index contributed by atoms with van der Waals surface area (Å²) >= 11 is 0. The maximum atomic E-state index is 16.1. The lowest BCUT2D eigenvalue weighted by molar-refractivity contribution is -0.173. The first kappa shape index (κ1) is 41.1. The molecule has 0 radical (unpaired) electrons. The number of hydrogen-bond donors (Lipinski definition) is 3. The molecule has 1 saturated carbocycles. The van der Waals surface area contributed by atoms with Gasteiger partial charge in [-0.1, -0.05) is 113 Å². The Bertz CT molecular complexity index is 1740. The van der Waals surface area contributed by atoms with Gasteiger partial charge in [-0.2, -0.15) is 0 Å². The second-order valence-corrected chi connectivity index (χ2v) is 15.1. The highest BCUT2D eigenvalue weighted by Gasteiger charge is 2.61. The van der Waals surface area contributed by atoms with E-state index in [4.69, 9.17) is 24.7 Å². The summed E-state index contributed by atoms with van der Waals surface area (Å²) < 4.78 is 23.7. The van der Waals surface area contributed by atoms with Gasteiger partial charge >= 0.3 is 0 Å². The number of carbonyl (C=O) groups is 2. The number of benzene rings is 4. The zero-order valence-electron chi connectivity index (χ0n) is 33.2. The van der Waals surface area contributed by atoms with Crippen LogP contribution < -0.4 is 24.7 Å². The smallest absolute Gasteiger partial charge is 0.239 e. The normalized spacial score (nSPS) is 15.3. The lowest BCUT2D eigenvalue weighted by Crippen LogP contribution is -2.68. The van der Waals surface area contributed by atoms with Gasteiger partial charge in [-0.05, 0) is 48.9 Å². The van der Waals surface area contributed by atoms with E-state index in [9.17, 15) is 15.0 Å². The molecule has 0 aromatic heterocycles. The van der Waals surface area contributed by atoms with E-state index in [2.05, 4.69) is 0 Å². The lowest BCUT2D eigenvalue weighted by atomic mass is 9.68. The van der Waals surface area contributed by atoms with Crippen molar-refractivity contribution in [3.8, 4) is 23.0 Å². The summed E-state index contributed by atoms with van der Waals surface area (Å²) in [5.74, 6) is -0.930. The summed E-state index contributed by atoms with van der Waals surface area (Å²) in [5, 5.41) is 28.1. The van der Waals surface area contributed by atoms with Crippen molar-refractivity contribution in [2.24, 2.45) is 23.0 Å². The van der Waals surface area contributed by atoms with Gasteiger partial charge in [0.1, 0.15) is 39.6 Å². The number of aliphatic hydroxyl groups is 2. The van der Waals surface area contributed by atoms with E-state index in [0.717, 1.165) is 0 Å². The summed E-state index contributed by atoms with van der Waals surface area (Å²) in [4.78, 5) is 31.5. The molecule has 0 spiro atoms. The quantitative estimate of drug-likeness (QED) is 0.106. The molecule has 1 fully saturated rings. The third-order valence-corrected chi connectivity index (χ3v) is 11.4. The molecule has 10 nitrogen and oxygen atoms in total. The molecular weight excluding hydrogens is 697 g/mol. The molecule has 4 aromatic rings. The predicted octanol–water partition coefficient (Wildman–Crippen LogP) is 6.82. The Morgan fingerprint density at radius 1 is 0.582 bits per heavy atom. The van der Waals surface area contributed by atoms with Crippen LogP contribution in [0.5, 0.6) is 23.0 Å². The van der Waals surface area contributed by atoms with Gasteiger partial charge in [0.15, 0.2) is 0 Å². The van der Waals surface area contributed by atoms with Gasteiger partial charge in [0.2, 0.25) is 11.8 Å². The van der Waals surface area contributed by atoms with Crippen LogP contribution in [-0.4, -0.2) is 67.5 Å². The Morgan fingerprint density at radius 3 is 1.09 bits per heavy atom. The molecular formula is C45H56N2O8. The average Bonchev–Trinajstić information content (AvgIpc) is 3.71. The molecule has 55 heavy (non-hydrogen) atoms. The summed E-state index contributed by atoms with van der Waals surface area (Å²) in [6.07, 6.45) is 1.65. The Kier molecular flexibility index (Phi) is 12.5. The minimum Gasteiger partial charge on any atom is -0.496 e. The molecule has 4 aromatic carbocycles. The van der Waals surface area contributed by atoms with E-state index in [1.54, 1.807) is 102 Å². The fourth-order valence-electron chi connectivity index (χ4n) is 8.99. The van der Waals surface area contributed by atoms with Crippen molar-refractivity contribution >= 4 is 11.8 Å². The topological polar surface area (TPSA) is 141 Å². The van der Waals surface area contributed by atoms with E-state index in [-0.39, 0.29) is 12.8 Å². The van der Waals surface area contributed by atoms with Crippen LogP contribution in [0, 0.1) is 17.3 Å². The molecule has 2 atom stereocenters. The number of hydrogen-bond acceptors (Lipinski definition) is 8. The van der Waals surface area contributed by atoms with Gasteiger partial charge < -0.3 is 39.8 Å². The molecule has 294 valence electrons. The molecule has 1 aliphatic carbocycles. The molecule has 0 bridgehead atoms. The van der Waals surface area contributed by atoms with Crippen molar-refractivity contribution in [3.63, 3.8) is 0 Å². The number of para-hydroxylation sites is 4. The second kappa shape index (κ2) is 16.8. The highest BCUT2D eigenvalue weighted by Crippen LogP contribution is 2.53. The summed E-state index contributed by atoms with van der Waals surface area (Å²) in [6.45, 7) is 7.65. The van der Waals surface area contributed by atoms with Crippen LogP contribution in [0.1, 0.15) is 75.6 Å². The fraction of sp³-hybridized carbons (Fsp3) is 0.422. The molecule has 5 rings (SSSR count). The van der Waals surface area contributed by atoms with E-state index in [1.807, 2.05) is 27.7 Å². The Balaban J connectivity index is 2.02. The number of rotatable bonds is 16. The van der Waals surface area contributed by atoms with Gasteiger partial charge in [-0.15, -0.1) is 0 Å². The summed E-state index contributed by atoms with van der Waals surface area (Å²) in [5.41, 5.74) is 1.95.